The van der Waals surface area contributed by atoms with Crippen LogP contribution in [0.1, 0.15) is 11.1 Å². The number of nitrogens with two attached hydrogens (primary N) is 1. The molecule has 0 aromatic heterocycles. The number of carbonyl (C=O) groups is 2. The highest BCUT2D eigenvalue weighted by atomic mass is 16.4. The van der Waals surface area contributed by atoms with Crippen LogP contribution in [-0.2, 0) is 9.59 Å². The normalized spacial score (nSPS) is 9.50. The van der Waals surface area contributed by atoms with Gasteiger partial charge in [-0.1, -0.05) is 18.1 Å². The molecule has 0 aliphatic carbocycles. The Bertz CT molecular complexity index is 489. The van der Waals surface area contributed by atoms with Gasteiger partial charge in [0.15, 0.2) is 0 Å². The third-order valence-corrected chi connectivity index (χ3v) is 1.66. The molecule has 3 N–H and O–H groups in total. The average molecular weight is 215 g/mol. The minimum atomic E-state index is -1.00. The lowest BCUT2D eigenvalue weighted by molar-refractivity contribution is -0.131. The van der Waals surface area contributed by atoms with E-state index in [-0.39, 0.29) is 0 Å². The number of aliphatic carboxylic acids is 1. The van der Waals surface area contributed by atoms with Gasteiger partial charge in [0.25, 0.3) is 5.91 Å². The second-order valence-corrected chi connectivity index (χ2v) is 2.91. The summed E-state index contributed by atoms with van der Waals surface area (Å²) in [5, 5.41) is 8.41. The SMILES string of the molecule is NC(=O)C#Cc1ccc(/C=C/C(=O)O)cc1. The van der Waals surface area contributed by atoms with Gasteiger partial charge >= 0.3 is 5.97 Å². The highest BCUT2D eigenvalue weighted by Crippen LogP contribution is 2.04. The number of carbonyl (C=O) groups excluding carboxylic acids is 1. The Kier molecular flexibility index (Phi) is 3.87. The third-order valence-electron chi connectivity index (χ3n) is 1.66. The number of amides is 1. The van der Waals surface area contributed by atoms with Crippen molar-refractivity contribution in [3.8, 4) is 11.8 Å². The lowest BCUT2D eigenvalue weighted by atomic mass is 10.1. The lowest BCUT2D eigenvalue weighted by Gasteiger charge is -1.92. The Labute approximate surface area is 92.4 Å². The van der Waals surface area contributed by atoms with E-state index in [1.807, 2.05) is 0 Å². The first-order valence-electron chi connectivity index (χ1n) is 4.40. The first kappa shape index (κ1) is 11.5. The summed E-state index contributed by atoms with van der Waals surface area (Å²) in [5.74, 6) is 3.09. The van der Waals surface area contributed by atoms with E-state index in [1.165, 1.54) is 6.08 Å². The molecule has 0 atom stereocenters. The van der Waals surface area contributed by atoms with E-state index in [2.05, 4.69) is 11.8 Å². The van der Waals surface area contributed by atoms with E-state index in [1.54, 1.807) is 24.3 Å². The summed E-state index contributed by atoms with van der Waals surface area (Å²) in [7, 11) is 0. The molecule has 0 aliphatic rings. The van der Waals surface area contributed by atoms with Crippen LogP contribution in [0.4, 0.5) is 0 Å². The molecule has 1 amide bonds. The number of hydrogen-bond donors (Lipinski definition) is 2. The predicted octanol–water partition coefficient (Wildman–Crippen LogP) is 0.621. The van der Waals surface area contributed by atoms with E-state index >= 15 is 0 Å². The van der Waals surface area contributed by atoms with Gasteiger partial charge in [0.2, 0.25) is 0 Å². The molecule has 0 aliphatic heterocycles. The van der Waals surface area contributed by atoms with Crippen molar-refractivity contribution in [1.29, 1.82) is 0 Å². The van der Waals surface area contributed by atoms with E-state index in [0.29, 0.717) is 5.56 Å². The molecule has 0 unspecified atom stereocenters. The summed E-state index contributed by atoms with van der Waals surface area (Å²) < 4.78 is 0. The molecular weight excluding hydrogens is 206 g/mol. The van der Waals surface area contributed by atoms with Crippen molar-refractivity contribution in [2.24, 2.45) is 5.73 Å². The van der Waals surface area contributed by atoms with E-state index in [4.69, 9.17) is 10.8 Å². The Balaban J connectivity index is 2.80. The van der Waals surface area contributed by atoms with Crippen molar-refractivity contribution in [1.82, 2.24) is 0 Å². The first-order valence-corrected chi connectivity index (χ1v) is 4.40. The molecule has 0 fully saturated rings. The van der Waals surface area contributed by atoms with Crippen LogP contribution in [0.2, 0.25) is 0 Å². The molecule has 0 saturated carbocycles. The maximum absolute atomic E-state index is 10.4. The topological polar surface area (TPSA) is 80.4 Å². The molecule has 4 nitrogen and oxygen atoms in total. The Morgan fingerprint density at radius 3 is 2.38 bits per heavy atom. The summed E-state index contributed by atoms with van der Waals surface area (Å²) >= 11 is 0. The summed E-state index contributed by atoms with van der Waals surface area (Å²) in [6.07, 6.45) is 2.51. The zero-order valence-corrected chi connectivity index (χ0v) is 8.31. The molecular formula is C12H9NO3. The van der Waals surface area contributed by atoms with Gasteiger partial charge in [-0.15, -0.1) is 0 Å². The molecule has 4 heteroatoms. The van der Waals surface area contributed by atoms with Crippen LogP contribution in [0.25, 0.3) is 6.08 Å². The van der Waals surface area contributed by atoms with Gasteiger partial charge < -0.3 is 10.8 Å². The maximum Gasteiger partial charge on any atom is 0.328 e. The van der Waals surface area contributed by atoms with Gasteiger partial charge in [0, 0.05) is 11.6 Å². The van der Waals surface area contributed by atoms with Crippen LogP contribution in [-0.4, -0.2) is 17.0 Å². The van der Waals surface area contributed by atoms with Crippen LogP contribution in [0.5, 0.6) is 0 Å². The monoisotopic (exact) mass is 215 g/mol. The van der Waals surface area contributed by atoms with Gasteiger partial charge in [-0.05, 0) is 29.7 Å². The van der Waals surface area contributed by atoms with Gasteiger partial charge in [-0.3, -0.25) is 4.79 Å². The number of primary amides is 1. The number of rotatable bonds is 2. The molecule has 1 aromatic carbocycles. The molecule has 0 radical (unpaired) electrons. The molecule has 0 heterocycles. The third kappa shape index (κ3) is 4.11. The molecule has 1 rings (SSSR count). The van der Waals surface area contributed by atoms with Crippen LogP contribution < -0.4 is 5.73 Å². The van der Waals surface area contributed by atoms with Crippen molar-refractivity contribution in [3.05, 3.63) is 41.5 Å². The van der Waals surface area contributed by atoms with E-state index < -0.39 is 11.9 Å². The van der Waals surface area contributed by atoms with Crippen molar-refractivity contribution in [2.45, 2.75) is 0 Å². The van der Waals surface area contributed by atoms with Crippen molar-refractivity contribution in [3.63, 3.8) is 0 Å². The largest absolute Gasteiger partial charge is 0.478 e. The highest BCUT2D eigenvalue weighted by molar-refractivity contribution is 5.92. The highest BCUT2D eigenvalue weighted by Gasteiger charge is 1.90. The smallest absolute Gasteiger partial charge is 0.328 e. The number of hydrogen-bond acceptors (Lipinski definition) is 2. The number of carboxylic acid groups (broad SMARTS) is 1. The van der Waals surface area contributed by atoms with E-state index in [9.17, 15) is 9.59 Å². The van der Waals surface area contributed by atoms with Crippen LogP contribution >= 0.6 is 0 Å². The molecule has 16 heavy (non-hydrogen) atoms. The summed E-state index contributed by atoms with van der Waals surface area (Å²) in [4.78, 5) is 20.6. The zero-order chi connectivity index (χ0) is 12.0. The van der Waals surface area contributed by atoms with Crippen molar-refractivity contribution >= 4 is 18.0 Å². The summed E-state index contributed by atoms with van der Waals surface area (Å²) in [5.41, 5.74) is 6.25. The Morgan fingerprint density at radius 2 is 1.88 bits per heavy atom. The van der Waals surface area contributed by atoms with Crippen molar-refractivity contribution < 1.29 is 14.7 Å². The van der Waals surface area contributed by atoms with Crippen LogP contribution in [0, 0.1) is 11.8 Å². The van der Waals surface area contributed by atoms with Gasteiger partial charge in [-0.2, -0.15) is 0 Å². The quantitative estimate of drug-likeness (QED) is 0.560. The Morgan fingerprint density at radius 1 is 1.25 bits per heavy atom. The minimum Gasteiger partial charge on any atom is -0.478 e. The second-order valence-electron chi connectivity index (χ2n) is 2.91. The molecule has 1 aromatic rings. The summed E-state index contributed by atoms with van der Waals surface area (Å²) in [6, 6.07) is 6.75. The molecule has 80 valence electrons. The first-order chi connectivity index (χ1) is 7.58. The van der Waals surface area contributed by atoms with Gasteiger partial charge in [0.05, 0.1) is 0 Å². The van der Waals surface area contributed by atoms with E-state index in [0.717, 1.165) is 11.6 Å². The summed E-state index contributed by atoms with van der Waals surface area (Å²) in [6.45, 7) is 0. The fourth-order valence-electron chi connectivity index (χ4n) is 0.979. The minimum absolute atomic E-state index is 0.645. The predicted molar refractivity (Wildman–Crippen MR) is 59.2 cm³/mol. The van der Waals surface area contributed by atoms with Gasteiger partial charge in [0.1, 0.15) is 0 Å². The number of benzene rings is 1. The fourth-order valence-corrected chi connectivity index (χ4v) is 0.979. The average Bonchev–Trinajstić information content (AvgIpc) is 2.25. The second kappa shape index (κ2) is 5.37. The lowest BCUT2D eigenvalue weighted by Crippen LogP contribution is -2.06. The fraction of sp³-hybridized carbons (Fsp3) is 0. The van der Waals surface area contributed by atoms with Gasteiger partial charge in [-0.25, -0.2) is 4.79 Å². The van der Waals surface area contributed by atoms with Crippen molar-refractivity contribution in [2.75, 3.05) is 0 Å². The Hall–Kier alpha value is -2.54. The van der Waals surface area contributed by atoms with Crippen LogP contribution in [0.15, 0.2) is 30.3 Å². The molecule has 0 bridgehead atoms. The molecule has 0 spiro atoms. The van der Waals surface area contributed by atoms with Crippen LogP contribution in [0.3, 0.4) is 0 Å². The molecule has 0 saturated heterocycles. The standard InChI is InChI=1S/C12H9NO3/c13-11(14)7-5-9-1-3-10(4-2-9)6-8-12(15)16/h1-4,6,8H,(H2,13,14)(H,15,16)/b8-6+. The number of carboxylic acids is 1. The maximum atomic E-state index is 10.4. The zero-order valence-electron chi connectivity index (χ0n) is 8.31.